The predicted molar refractivity (Wildman–Crippen MR) is 89.5 cm³/mol. The zero-order valence-corrected chi connectivity index (χ0v) is 13.7. The number of likely N-dealkylation sites (tertiary alicyclic amines) is 1. The second kappa shape index (κ2) is 6.38. The molecule has 4 nitrogen and oxygen atoms in total. The standard InChI is InChI=1S/C19H22FN3O/c20-16-8-3-4-9-18(16)23-13-15(12-21-23)19(24)22-11-5-10-17(22)14-6-1-2-7-14/h3-4,8-9,12-14,17H,1-2,5-7,10-11H2. The quantitative estimate of drug-likeness (QED) is 0.860. The van der Waals surface area contributed by atoms with E-state index in [9.17, 15) is 9.18 Å². The van der Waals surface area contributed by atoms with E-state index in [2.05, 4.69) is 5.10 Å². The van der Waals surface area contributed by atoms with Crippen LogP contribution in [0.5, 0.6) is 0 Å². The fraction of sp³-hybridized carbons (Fsp3) is 0.474. The van der Waals surface area contributed by atoms with E-state index in [1.54, 1.807) is 30.6 Å². The van der Waals surface area contributed by atoms with Crippen molar-refractivity contribution in [2.75, 3.05) is 6.54 Å². The van der Waals surface area contributed by atoms with Crippen molar-refractivity contribution in [2.24, 2.45) is 5.92 Å². The van der Waals surface area contributed by atoms with E-state index in [1.807, 2.05) is 4.90 Å². The monoisotopic (exact) mass is 327 g/mol. The largest absolute Gasteiger partial charge is 0.335 e. The first-order chi connectivity index (χ1) is 11.7. The van der Waals surface area contributed by atoms with E-state index in [1.165, 1.54) is 36.4 Å². The molecule has 1 amide bonds. The van der Waals surface area contributed by atoms with Crippen molar-refractivity contribution in [2.45, 2.75) is 44.6 Å². The number of nitrogens with zero attached hydrogens (tertiary/aromatic N) is 3. The lowest BCUT2D eigenvalue weighted by atomic mass is 9.96. The smallest absolute Gasteiger partial charge is 0.257 e. The third kappa shape index (κ3) is 2.72. The number of hydrogen-bond donors (Lipinski definition) is 0. The highest BCUT2D eigenvalue weighted by Gasteiger charge is 2.36. The van der Waals surface area contributed by atoms with Crippen molar-refractivity contribution < 1.29 is 9.18 Å². The van der Waals surface area contributed by atoms with Gasteiger partial charge >= 0.3 is 0 Å². The van der Waals surface area contributed by atoms with Crippen LogP contribution < -0.4 is 0 Å². The summed E-state index contributed by atoms with van der Waals surface area (Å²) in [6.45, 7) is 0.824. The SMILES string of the molecule is O=C(c1cnn(-c2ccccc2F)c1)N1CCCC1C1CCCC1. The van der Waals surface area contributed by atoms with Gasteiger partial charge in [-0.25, -0.2) is 9.07 Å². The van der Waals surface area contributed by atoms with Crippen molar-refractivity contribution in [1.82, 2.24) is 14.7 Å². The molecule has 1 aliphatic heterocycles. The van der Waals surface area contributed by atoms with Gasteiger partial charge in [0.2, 0.25) is 0 Å². The third-order valence-electron chi connectivity index (χ3n) is 5.43. The van der Waals surface area contributed by atoms with Crippen LogP contribution in [0.2, 0.25) is 0 Å². The minimum Gasteiger partial charge on any atom is -0.335 e. The van der Waals surface area contributed by atoms with Gasteiger partial charge in [0.05, 0.1) is 11.8 Å². The summed E-state index contributed by atoms with van der Waals surface area (Å²) in [7, 11) is 0. The zero-order valence-electron chi connectivity index (χ0n) is 13.7. The van der Waals surface area contributed by atoms with E-state index in [-0.39, 0.29) is 11.7 Å². The number of hydrogen-bond acceptors (Lipinski definition) is 2. The number of rotatable bonds is 3. The molecule has 1 aliphatic carbocycles. The van der Waals surface area contributed by atoms with E-state index < -0.39 is 0 Å². The Labute approximate surface area is 141 Å². The van der Waals surface area contributed by atoms with Gasteiger partial charge in [-0.3, -0.25) is 4.79 Å². The average Bonchev–Trinajstić information content (AvgIpc) is 3.34. The van der Waals surface area contributed by atoms with Crippen LogP contribution >= 0.6 is 0 Å². The lowest BCUT2D eigenvalue weighted by Gasteiger charge is -2.29. The van der Waals surface area contributed by atoms with Gasteiger partial charge in [-0.2, -0.15) is 5.10 Å². The lowest BCUT2D eigenvalue weighted by molar-refractivity contribution is 0.0689. The van der Waals surface area contributed by atoms with Crippen LogP contribution in [0, 0.1) is 11.7 Å². The molecule has 24 heavy (non-hydrogen) atoms. The van der Waals surface area contributed by atoms with Gasteiger partial charge in [-0.05, 0) is 43.7 Å². The highest BCUT2D eigenvalue weighted by molar-refractivity contribution is 5.94. The van der Waals surface area contributed by atoms with Crippen LogP contribution in [-0.2, 0) is 0 Å². The molecule has 1 atom stereocenters. The van der Waals surface area contributed by atoms with Crippen molar-refractivity contribution in [3.8, 4) is 5.69 Å². The van der Waals surface area contributed by atoms with E-state index >= 15 is 0 Å². The molecule has 0 radical (unpaired) electrons. The first-order valence-electron chi connectivity index (χ1n) is 8.84. The molecule has 0 N–H and O–H groups in total. The Morgan fingerprint density at radius 3 is 2.71 bits per heavy atom. The number of amides is 1. The molecule has 1 saturated heterocycles. The van der Waals surface area contributed by atoms with E-state index in [0.29, 0.717) is 23.2 Å². The summed E-state index contributed by atoms with van der Waals surface area (Å²) >= 11 is 0. The topological polar surface area (TPSA) is 38.1 Å². The molecule has 1 aromatic heterocycles. The van der Waals surface area contributed by atoms with E-state index in [0.717, 1.165) is 19.4 Å². The fourth-order valence-corrected chi connectivity index (χ4v) is 4.25. The van der Waals surface area contributed by atoms with Gasteiger partial charge in [0.25, 0.3) is 5.91 Å². The first-order valence-corrected chi connectivity index (χ1v) is 8.84. The Balaban J connectivity index is 1.55. The number of aromatic nitrogens is 2. The minimum absolute atomic E-state index is 0.0342. The number of halogens is 1. The van der Waals surface area contributed by atoms with Gasteiger partial charge in [0.1, 0.15) is 11.5 Å². The summed E-state index contributed by atoms with van der Waals surface area (Å²) in [5.41, 5.74) is 0.911. The molecule has 2 aliphatic rings. The van der Waals surface area contributed by atoms with Gasteiger partial charge < -0.3 is 4.90 Å². The number of carbonyl (C=O) groups excluding carboxylic acids is 1. The number of benzene rings is 1. The summed E-state index contributed by atoms with van der Waals surface area (Å²) in [5, 5.41) is 4.19. The zero-order chi connectivity index (χ0) is 16.5. The van der Waals surface area contributed by atoms with Gasteiger partial charge in [-0.1, -0.05) is 25.0 Å². The number of carbonyl (C=O) groups is 1. The van der Waals surface area contributed by atoms with Crippen molar-refractivity contribution in [3.05, 3.63) is 48.0 Å². The summed E-state index contributed by atoms with van der Waals surface area (Å²) < 4.78 is 15.3. The van der Waals surface area contributed by atoms with Crippen molar-refractivity contribution in [1.29, 1.82) is 0 Å². The average molecular weight is 327 g/mol. The second-order valence-corrected chi connectivity index (χ2v) is 6.88. The minimum atomic E-state index is -0.343. The molecule has 1 aromatic carbocycles. The molecular formula is C19H22FN3O. The molecule has 0 bridgehead atoms. The van der Waals surface area contributed by atoms with Gasteiger partial charge in [0, 0.05) is 18.8 Å². The second-order valence-electron chi connectivity index (χ2n) is 6.88. The summed E-state index contributed by atoms with van der Waals surface area (Å²) in [5.74, 6) is 0.342. The lowest BCUT2D eigenvalue weighted by Crippen LogP contribution is -2.39. The Morgan fingerprint density at radius 2 is 1.92 bits per heavy atom. The van der Waals surface area contributed by atoms with E-state index in [4.69, 9.17) is 0 Å². The fourth-order valence-electron chi connectivity index (χ4n) is 4.25. The maximum absolute atomic E-state index is 13.9. The van der Waals surface area contributed by atoms with Crippen LogP contribution in [0.25, 0.3) is 5.69 Å². The molecule has 1 saturated carbocycles. The Kier molecular flexibility index (Phi) is 4.08. The maximum Gasteiger partial charge on any atom is 0.257 e. The molecule has 2 aromatic rings. The molecule has 2 fully saturated rings. The normalized spacial score (nSPS) is 21.5. The highest BCUT2D eigenvalue weighted by atomic mass is 19.1. The van der Waals surface area contributed by atoms with Crippen LogP contribution in [0.4, 0.5) is 4.39 Å². The Bertz CT molecular complexity index is 736. The molecule has 1 unspecified atom stereocenters. The molecule has 2 heterocycles. The Hall–Kier alpha value is -2.17. The predicted octanol–water partition coefficient (Wildman–Crippen LogP) is 3.81. The third-order valence-corrected chi connectivity index (χ3v) is 5.43. The van der Waals surface area contributed by atoms with Gasteiger partial charge in [0.15, 0.2) is 0 Å². The van der Waals surface area contributed by atoms with Crippen LogP contribution in [0.1, 0.15) is 48.9 Å². The molecule has 126 valence electrons. The molecular weight excluding hydrogens is 305 g/mol. The van der Waals surface area contributed by atoms with Crippen molar-refractivity contribution >= 4 is 5.91 Å². The number of para-hydroxylation sites is 1. The molecule has 4 rings (SSSR count). The summed E-state index contributed by atoms with van der Waals surface area (Å²) in [6.07, 6.45) is 10.4. The first kappa shape index (κ1) is 15.4. The van der Waals surface area contributed by atoms with Gasteiger partial charge in [-0.15, -0.1) is 0 Å². The molecule has 5 heteroatoms. The Morgan fingerprint density at radius 1 is 1.12 bits per heavy atom. The van der Waals surface area contributed by atoms with Crippen LogP contribution in [0.3, 0.4) is 0 Å². The van der Waals surface area contributed by atoms with Crippen molar-refractivity contribution in [3.63, 3.8) is 0 Å². The van der Waals surface area contributed by atoms with Crippen LogP contribution in [0.15, 0.2) is 36.7 Å². The summed E-state index contributed by atoms with van der Waals surface area (Å²) in [4.78, 5) is 14.9. The maximum atomic E-state index is 13.9. The summed E-state index contributed by atoms with van der Waals surface area (Å²) in [6, 6.07) is 6.84. The molecule has 0 spiro atoms. The van der Waals surface area contributed by atoms with Crippen LogP contribution in [-0.4, -0.2) is 33.2 Å². The highest BCUT2D eigenvalue weighted by Crippen LogP contribution is 2.36.